The largest absolute Gasteiger partial charge is 0.103 e. The van der Waals surface area contributed by atoms with Crippen LogP contribution in [0, 0.1) is 17.8 Å². The van der Waals surface area contributed by atoms with E-state index in [9.17, 15) is 0 Å². The Morgan fingerprint density at radius 1 is 1.03 bits per heavy atom. The minimum absolute atomic E-state index is 0.757. The zero-order valence-corrected chi connectivity index (χ0v) is 20.0. The normalized spacial score (nSPS) is 25.0. The van der Waals surface area contributed by atoms with Crippen LogP contribution in [0.1, 0.15) is 110 Å². The Hall–Kier alpha value is -1.30. The molecule has 0 amide bonds. The number of benzene rings is 1. The molecule has 0 nitrogen and oxygen atoms in total. The van der Waals surface area contributed by atoms with E-state index in [1.54, 1.807) is 6.08 Å². The van der Waals surface area contributed by atoms with Gasteiger partial charge in [-0.3, -0.25) is 0 Å². The monoisotopic (exact) mass is 396 g/mol. The van der Waals surface area contributed by atoms with Crippen molar-refractivity contribution in [3.8, 4) is 0 Å². The summed E-state index contributed by atoms with van der Waals surface area (Å²) in [4.78, 5) is 0. The standard InChI is InChI=1S/C14H28.C12H14.C3H6/c1-3-4-5-6-7-11-14-12-9-8-10-13(14)2;1-9(2)11-8-12(11)10-6-4-3-5-7-10;1-3-2/h13-14H,3-12H2,1-2H3;3-7,11-12H,1,8H2,2H3;3H,1H2,2H3. The van der Waals surface area contributed by atoms with Gasteiger partial charge in [-0.05, 0) is 49.5 Å². The second-order valence-electron chi connectivity index (χ2n) is 9.34. The van der Waals surface area contributed by atoms with Gasteiger partial charge in [0.05, 0.1) is 0 Å². The van der Waals surface area contributed by atoms with E-state index in [-0.39, 0.29) is 0 Å². The molecule has 0 spiro atoms. The highest BCUT2D eigenvalue weighted by molar-refractivity contribution is 5.30. The van der Waals surface area contributed by atoms with Gasteiger partial charge in [-0.1, -0.05) is 127 Å². The molecule has 4 unspecified atom stereocenters. The van der Waals surface area contributed by atoms with Crippen molar-refractivity contribution < 1.29 is 0 Å². The van der Waals surface area contributed by atoms with E-state index in [1.807, 2.05) is 6.92 Å². The molecule has 164 valence electrons. The molecule has 2 fully saturated rings. The number of allylic oxidation sites excluding steroid dienone is 2. The summed E-state index contributed by atoms with van der Waals surface area (Å²) in [6.07, 6.45) is 17.9. The van der Waals surface area contributed by atoms with Crippen LogP contribution in [-0.4, -0.2) is 0 Å². The van der Waals surface area contributed by atoms with Crippen LogP contribution >= 0.6 is 0 Å². The van der Waals surface area contributed by atoms with Crippen LogP contribution < -0.4 is 0 Å². The van der Waals surface area contributed by atoms with Crippen molar-refractivity contribution in [3.63, 3.8) is 0 Å². The third-order valence-corrected chi connectivity index (χ3v) is 6.62. The van der Waals surface area contributed by atoms with Crippen LogP contribution in [0.15, 0.2) is 55.1 Å². The zero-order chi connectivity index (χ0) is 21.5. The minimum atomic E-state index is 0.757. The molecule has 2 aliphatic carbocycles. The molecule has 0 aromatic heterocycles. The molecule has 0 radical (unpaired) electrons. The van der Waals surface area contributed by atoms with Gasteiger partial charge in [-0.15, -0.1) is 6.58 Å². The van der Waals surface area contributed by atoms with Crippen LogP contribution in [0.3, 0.4) is 0 Å². The van der Waals surface area contributed by atoms with E-state index < -0.39 is 0 Å². The SMILES string of the molecule is C=C(C)C1CC1c1ccccc1.C=CC.CCCCCCCC1CCCCC1C. The molecule has 1 aromatic rings. The molecule has 2 aliphatic rings. The van der Waals surface area contributed by atoms with Gasteiger partial charge in [-0.2, -0.15) is 0 Å². The molecule has 0 heteroatoms. The lowest BCUT2D eigenvalue weighted by molar-refractivity contribution is 0.236. The van der Waals surface area contributed by atoms with E-state index in [0.29, 0.717) is 0 Å². The Balaban J connectivity index is 0.000000257. The van der Waals surface area contributed by atoms with E-state index in [2.05, 4.69) is 64.3 Å². The van der Waals surface area contributed by atoms with E-state index in [0.717, 1.165) is 23.7 Å². The molecule has 0 aliphatic heterocycles. The average Bonchev–Trinajstić information content (AvgIpc) is 3.52. The van der Waals surface area contributed by atoms with Crippen molar-refractivity contribution in [2.45, 2.75) is 104 Å². The fraction of sp³-hybridized carbons (Fsp3) is 0.655. The summed E-state index contributed by atoms with van der Waals surface area (Å²) < 4.78 is 0. The summed E-state index contributed by atoms with van der Waals surface area (Å²) in [5.41, 5.74) is 2.81. The summed E-state index contributed by atoms with van der Waals surface area (Å²) in [6, 6.07) is 10.7. The highest BCUT2D eigenvalue weighted by Crippen LogP contribution is 2.50. The first-order valence-corrected chi connectivity index (χ1v) is 12.3. The van der Waals surface area contributed by atoms with Gasteiger partial charge in [0.25, 0.3) is 0 Å². The molecule has 0 N–H and O–H groups in total. The van der Waals surface area contributed by atoms with Crippen LogP contribution in [0.5, 0.6) is 0 Å². The molecule has 0 bridgehead atoms. The first-order chi connectivity index (χ1) is 14.0. The van der Waals surface area contributed by atoms with Gasteiger partial charge < -0.3 is 0 Å². The number of unbranched alkanes of at least 4 members (excludes halogenated alkanes) is 4. The van der Waals surface area contributed by atoms with Gasteiger partial charge in [0.1, 0.15) is 0 Å². The Morgan fingerprint density at radius 3 is 2.21 bits per heavy atom. The zero-order valence-electron chi connectivity index (χ0n) is 20.0. The van der Waals surface area contributed by atoms with Gasteiger partial charge in [0.15, 0.2) is 0 Å². The lowest BCUT2D eigenvalue weighted by Gasteiger charge is -2.28. The maximum Gasteiger partial charge on any atom is -0.00904 e. The van der Waals surface area contributed by atoms with Crippen molar-refractivity contribution in [2.24, 2.45) is 17.8 Å². The summed E-state index contributed by atoms with van der Waals surface area (Å²) >= 11 is 0. The molecule has 0 saturated heterocycles. The molecule has 29 heavy (non-hydrogen) atoms. The minimum Gasteiger partial charge on any atom is -0.103 e. The first kappa shape index (κ1) is 25.7. The van der Waals surface area contributed by atoms with E-state index in [1.165, 1.54) is 81.8 Å². The van der Waals surface area contributed by atoms with Gasteiger partial charge in [-0.25, -0.2) is 0 Å². The maximum atomic E-state index is 3.99. The van der Waals surface area contributed by atoms with Crippen LogP contribution in [0.4, 0.5) is 0 Å². The Morgan fingerprint density at radius 2 is 1.66 bits per heavy atom. The molecule has 4 atom stereocenters. The Bertz CT molecular complexity index is 540. The summed E-state index contributed by atoms with van der Waals surface area (Å²) in [7, 11) is 0. The van der Waals surface area contributed by atoms with Crippen molar-refractivity contribution >= 4 is 0 Å². The third-order valence-electron chi connectivity index (χ3n) is 6.62. The highest BCUT2D eigenvalue weighted by atomic mass is 14.4. The second kappa shape index (κ2) is 15.5. The fourth-order valence-electron chi connectivity index (χ4n) is 4.64. The van der Waals surface area contributed by atoms with Gasteiger partial charge >= 0.3 is 0 Å². The Labute approximate surface area is 182 Å². The summed E-state index contributed by atoms with van der Waals surface area (Å²) in [6.45, 7) is 16.1. The topological polar surface area (TPSA) is 0 Å². The number of hydrogen-bond donors (Lipinski definition) is 0. The molecule has 0 heterocycles. The van der Waals surface area contributed by atoms with Crippen molar-refractivity contribution in [1.82, 2.24) is 0 Å². The molecular weight excluding hydrogens is 348 g/mol. The smallest absolute Gasteiger partial charge is 0.00904 e. The van der Waals surface area contributed by atoms with E-state index >= 15 is 0 Å². The lowest BCUT2D eigenvalue weighted by atomic mass is 9.78. The van der Waals surface area contributed by atoms with Crippen molar-refractivity contribution in [2.75, 3.05) is 0 Å². The fourth-order valence-corrected chi connectivity index (χ4v) is 4.64. The third kappa shape index (κ3) is 10.9. The molecular formula is C29H48. The van der Waals surface area contributed by atoms with E-state index in [4.69, 9.17) is 0 Å². The van der Waals surface area contributed by atoms with Crippen LogP contribution in [0.2, 0.25) is 0 Å². The van der Waals surface area contributed by atoms with Gasteiger partial charge in [0, 0.05) is 0 Å². The molecule has 2 saturated carbocycles. The van der Waals surface area contributed by atoms with Crippen LogP contribution in [-0.2, 0) is 0 Å². The Kier molecular flexibility index (Phi) is 13.8. The highest BCUT2D eigenvalue weighted by Gasteiger charge is 2.38. The number of rotatable bonds is 8. The van der Waals surface area contributed by atoms with Crippen molar-refractivity contribution in [3.05, 3.63) is 60.7 Å². The number of hydrogen-bond acceptors (Lipinski definition) is 0. The second-order valence-corrected chi connectivity index (χ2v) is 9.34. The predicted octanol–water partition coefficient (Wildman–Crippen LogP) is 9.73. The van der Waals surface area contributed by atoms with Crippen LogP contribution in [0.25, 0.3) is 0 Å². The van der Waals surface area contributed by atoms with Crippen molar-refractivity contribution in [1.29, 1.82) is 0 Å². The van der Waals surface area contributed by atoms with Gasteiger partial charge in [0.2, 0.25) is 0 Å². The summed E-state index contributed by atoms with van der Waals surface area (Å²) in [5.74, 6) is 3.62. The molecule has 3 rings (SSSR count). The predicted molar refractivity (Wildman–Crippen MR) is 132 cm³/mol. The lowest BCUT2D eigenvalue weighted by Crippen LogP contribution is -2.16. The maximum absolute atomic E-state index is 3.99. The quantitative estimate of drug-likeness (QED) is 0.303. The summed E-state index contributed by atoms with van der Waals surface area (Å²) in [5, 5.41) is 0. The molecule has 1 aromatic carbocycles. The first-order valence-electron chi connectivity index (χ1n) is 12.3. The average molecular weight is 397 g/mol.